The number of nitrogens with one attached hydrogen (secondary N) is 1. The Morgan fingerprint density at radius 3 is 2.89 bits per heavy atom. The van der Waals surface area contributed by atoms with Crippen LogP contribution in [0.15, 0.2) is 0 Å². The van der Waals surface area contributed by atoms with E-state index in [-0.39, 0.29) is 0 Å². The van der Waals surface area contributed by atoms with Crippen molar-refractivity contribution in [2.45, 2.75) is 19.0 Å². The molecule has 1 unspecified atom stereocenters. The van der Waals surface area contributed by atoms with Gasteiger partial charge in [-0.25, -0.2) is 0 Å². The van der Waals surface area contributed by atoms with Gasteiger partial charge in [-0.15, -0.1) is 0 Å². The Morgan fingerprint density at radius 2 is 2.33 bits per heavy atom. The molecule has 5 nitrogen and oxygen atoms in total. The Kier molecular flexibility index (Phi) is 4.42. The second-order valence-electron chi connectivity index (χ2n) is 4.95. The van der Waals surface area contributed by atoms with Gasteiger partial charge in [-0.1, -0.05) is 11.3 Å². The second kappa shape index (κ2) is 5.86. The molecule has 1 fully saturated rings. The summed E-state index contributed by atoms with van der Waals surface area (Å²) in [6, 6.07) is 0.588. The van der Waals surface area contributed by atoms with Gasteiger partial charge < -0.3 is 19.9 Å². The van der Waals surface area contributed by atoms with Crippen molar-refractivity contribution in [3.05, 3.63) is 4.88 Å². The third-order valence-corrected chi connectivity index (χ3v) is 4.37. The van der Waals surface area contributed by atoms with Crippen LogP contribution in [0.3, 0.4) is 0 Å². The van der Waals surface area contributed by atoms with E-state index in [1.807, 2.05) is 19.0 Å². The summed E-state index contributed by atoms with van der Waals surface area (Å²) >= 11 is 1.69. The number of thiazole rings is 1. The van der Waals surface area contributed by atoms with E-state index in [9.17, 15) is 0 Å². The number of likely N-dealkylation sites (tertiary alicyclic amines) is 1. The highest BCUT2D eigenvalue weighted by molar-refractivity contribution is 7.15. The summed E-state index contributed by atoms with van der Waals surface area (Å²) in [6.45, 7) is 3.15. The number of nitrogens with zero attached hydrogens (tertiary/aromatic N) is 3. The van der Waals surface area contributed by atoms with Crippen LogP contribution in [-0.4, -0.2) is 57.3 Å². The number of ether oxygens (including phenoxy) is 1. The number of hydrogen-bond donors (Lipinski definition) is 1. The first-order valence-electron chi connectivity index (χ1n) is 6.23. The van der Waals surface area contributed by atoms with Crippen molar-refractivity contribution in [1.82, 2.24) is 15.2 Å². The Morgan fingerprint density at radius 1 is 1.56 bits per heavy atom. The van der Waals surface area contributed by atoms with Crippen LogP contribution in [0.4, 0.5) is 5.13 Å². The molecule has 6 heteroatoms. The molecule has 1 aliphatic rings. The van der Waals surface area contributed by atoms with Gasteiger partial charge in [0, 0.05) is 33.2 Å². The van der Waals surface area contributed by atoms with Crippen molar-refractivity contribution >= 4 is 16.5 Å². The first kappa shape index (κ1) is 13.6. The van der Waals surface area contributed by atoms with Crippen molar-refractivity contribution < 1.29 is 4.74 Å². The molecule has 0 spiro atoms. The quantitative estimate of drug-likeness (QED) is 0.865. The van der Waals surface area contributed by atoms with Gasteiger partial charge in [0.1, 0.15) is 0 Å². The summed E-state index contributed by atoms with van der Waals surface area (Å²) in [7, 11) is 7.85. The maximum absolute atomic E-state index is 5.33. The Bertz CT molecular complexity index is 393. The summed E-state index contributed by atoms with van der Waals surface area (Å²) in [5.41, 5.74) is 0. The molecule has 0 aromatic carbocycles. The van der Waals surface area contributed by atoms with E-state index < -0.39 is 0 Å². The van der Waals surface area contributed by atoms with Crippen molar-refractivity contribution in [3.8, 4) is 5.88 Å². The maximum atomic E-state index is 5.33. The Labute approximate surface area is 113 Å². The third-order valence-electron chi connectivity index (χ3n) is 3.17. The summed E-state index contributed by atoms with van der Waals surface area (Å²) in [5.74, 6) is 0.752. The molecule has 0 saturated carbocycles. The third kappa shape index (κ3) is 3.13. The van der Waals surface area contributed by atoms with E-state index in [1.54, 1.807) is 18.4 Å². The van der Waals surface area contributed by atoms with Gasteiger partial charge in [0.2, 0.25) is 5.88 Å². The number of methoxy groups -OCH3 is 1. The van der Waals surface area contributed by atoms with E-state index in [0.29, 0.717) is 6.04 Å². The summed E-state index contributed by atoms with van der Waals surface area (Å²) < 4.78 is 5.33. The average molecular weight is 270 g/mol. The van der Waals surface area contributed by atoms with Crippen molar-refractivity contribution in [1.29, 1.82) is 0 Å². The fourth-order valence-corrected chi connectivity index (χ4v) is 3.03. The molecule has 1 aromatic heterocycles. The molecule has 2 rings (SSSR count). The molecule has 18 heavy (non-hydrogen) atoms. The predicted octanol–water partition coefficient (Wildman–Crippen LogP) is 1.01. The van der Waals surface area contributed by atoms with Crippen molar-refractivity contribution in [3.63, 3.8) is 0 Å². The highest BCUT2D eigenvalue weighted by atomic mass is 32.1. The van der Waals surface area contributed by atoms with Crippen LogP contribution < -0.4 is 15.0 Å². The molecule has 0 aliphatic carbocycles. The molecule has 102 valence electrons. The van der Waals surface area contributed by atoms with Crippen LogP contribution in [0.25, 0.3) is 0 Å². The van der Waals surface area contributed by atoms with Crippen LogP contribution in [0.2, 0.25) is 0 Å². The lowest BCUT2D eigenvalue weighted by Gasteiger charge is -2.12. The zero-order valence-electron chi connectivity index (χ0n) is 11.6. The highest BCUT2D eigenvalue weighted by Gasteiger charge is 2.20. The zero-order valence-corrected chi connectivity index (χ0v) is 12.4. The van der Waals surface area contributed by atoms with Crippen molar-refractivity contribution in [2.24, 2.45) is 0 Å². The van der Waals surface area contributed by atoms with Gasteiger partial charge in [0.15, 0.2) is 5.13 Å². The molecule has 0 bridgehead atoms. The van der Waals surface area contributed by atoms with Gasteiger partial charge in [-0.05, 0) is 20.0 Å². The molecule has 1 N–H and O–H groups in total. The molecule has 0 amide bonds. The number of anilines is 1. The Hall–Kier alpha value is -0.850. The van der Waals surface area contributed by atoms with Gasteiger partial charge in [-0.2, -0.15) is 4.98 Å². The smallest absolute Gasteiger partial charge is 0.230 e. The normalized spacial score (nSPS) is 20.3. The summed E-state index contributed by atoms with van der Waals surface area (Å²) in [4.78, 5) is 10.0. The zero-order chi connectivity index (χ0) is 13.1. The number of rotatable bonds is 5. The first-order chi connectivity index (χ1) is 8.60. The maximum Gasteiger partial charge on any atom is 0.230 e. The lowest BCUT2D eigenvalue weighted by molar-refractivity contribution is 0.386. The highest BCUT2D eigenvalue weighted by Crippen LogP contribution is 2.30. The van der Waals surface area contributed by atoms with Gasteiger partial charge in [0.25, 0.3) is 0 Å². The van der Waals surface area contributed by atoms with Crippen LogP contribution in [0.5, 0.6) is 5.88 Å². The summed E-state index contributed by atoms with van der Waals surface area (Å²) in [6.07, 6.45) is 1.22. The van der Waals surface area contributed by atoms with Crippen LogP contribution in [0.1, 0.15) is 11.3 Å². The minimum Gasteiger partial charge on any atom is -0.480 e. The molecule has 1 atom stereocenters. The standard InChI is InChI=1S/C12H22N4OS/c1-15(2)12-14-11(17-4)10(18-12)7-13-9-5-6-16(3)8-9/h9,13H,5-8H2,1-4H3. The SMILES string of the molecule is COc1nc(N(C)C)sc1CNC1CCN(C)C1. The second-order valence-corrected chi connectivity index (χ2v) is 6.01. The van der Waals surface area contributed by atoms with Gasteiger partial charge in [0.05, 0.1) is 12.0 Å². The topological polar surface area (TPSA) is 40.6 Å². The van der Waals surface area contributed by atoms with E-state index in [4.69, 9.17) is 4.74 Å². The largest absolute Gasteiger partial charge is 0.480 e. The molecular formula is C12H22N4OS. The fourth-order valence-electron chi connectivity index (χ4n) is 2.13. The monoisotopic (exact) mass is 270 g/mol. The minimum atomic E-state index is 0.588. The molecule has 1 saturated heterocycles. The van der Waals surface area contributed by atoms with Crippen LogP contribution in [-0.2, 0) is 6.54 Å². The van der Waals surface area contributed by atoms with E-state index >= 15 is 0 Å². The Balaban J connectivity index is 1.95. The minimum absolute atomic E-state index is 0.588. The lowest BCUT2D eigenvalue weighted by Crippen LogP contribution is -2.30. The van der Waals surface area contributed by atoms with E-state index in [2.05, 4.69) is 22.2 Å². The van der Waals surface area contributed by atoms with Gasteiger partial charge >= 0.3 is 0 Å². The molecule has 0 radical (unpaired) electrons. The van der Waals surface area contributed by atoms with Crippen molar-refractivity contribution in [2.75, 3.05) is 46.2 Å². The van der Waals surface area contributed by atoms with Gasteiger partial charge in [-0.3, -0.25) is 0 Å². The van der Waals surface area contributed by atoms with Crippen LogP contribution in [0, 0.1) is 0 Å². The summed E-state index contributed by atoms with van der Waals surface area (Å²) in [5, 5.41) is 4.58. The van der Waals surface area contributed by atoms with Crippen LogP contribution >= 0.6 is 11.3 Å². The number of likely N-dealkylation sites (N-methyl/N-ethyl adjacent to an activating group) is 1. The number of hydrogen-bond acceptors (Lipinski definition) is 6. The number of aromatic nitrogens is 1. The molecule has 1 aliphatic heterocycles. The van der Waals surface area contributed by atoms with E-state index in [1.165, 1.54) is 17.8 Å². The fraction of sp³-hybridized carbons (Fsp3) is 0.750. The lowest BCUT2D eigenvalue weighted by atomic mass is 10.2. The molecule has 2 heterocycles. The molecule has 1 aromatic rings. The van der Waals surface area contributed by atoms with E-state index in [0.717, 1.165) is 24.1 Å². The molecular weight excluding hydrogens is 248 g/mol. The predicted molar refractivity (Wildman–Crippen MR) is 75.7 cm³/mol. The first-order valence-corrected chi connectivity index (χ1v) is 7.04. The average Bonchev–Trinajstić information content (AvgIpc) is 2.92.